The Bertz CT molecular complexity index is 1850. The highest BCUT2D eigenvalue weighted by Crippen LogP contribution is 2.34. The van der Waals surface area contributed by atoms with Gasteiger partial charge in [-0.1, -0.05) is 25.0 Å². The highest BCUT2D eigenvalue weighted by Gasteiger charge is 2.40. The molecule has 4 N–H and O–H groups in total. The number of hydrogen-bond acceptors (Lipinski definition) is 8. The number of methoxy groups -OCH3 is 1. The number of alkyl halides is 1. The Kier molecular flexibility index (Phi) is 9.67. The molecule has 0 radical (unpaired) electrons. The van der Waals surface area contributed by atoms with Crippen LogP contribution in [0.1, 0.15) is 50.1 Å². The minimum atomic E-state index is -2.01. The second kappa shape index (κ2) is 13.8. The number of nitrogens with one attached hydrogen (secondary N) is 2. The molecule has 46 heavy (non-hydrogen) atoms. The van der Waals surface area contributed by atoms with Crippen LogP contribution in [0.3, 0.4) is 0 Å². The summed E-state index contributed by atoms with van der Waals surface area (Å²) >= 11 is 0. The first-order valence-corrected chi connectivity index (χ1v) is 15.0. The molecule has 1 aliphatic heterocycles. The van der Waals surface area contributed by atoms with Gasteiger partial charge in [0.05, 0.1) is 49.2 Å². The van der Waals surface area contributed by atoms with Crippen LogP contribution < -0.4 is 22.1 Å². The number of aromatic nitrogens is 3. The molecule has 6 rings (SSSR count). The molecular formula is C33H36FN7O5. The highest BCUT2D eigenvalue weighted by molar-refractivity contribution is 5.98. The average Bonchev–Trinajstić information content (AvgIpc) is 3.67. The molecule has 2 aromatic carbocycles. The van der Waals surface area contributed by atoms with Gasteiger partial charge in [0.15, 0.2) is 5.67 Å². The number of carbonyl (C=O) groups excluding carboxylic acids is 2. The number of benzene rings is 2. The number of halogens is 1. The van der Waals surface area contributed by atoms with Crippen LogP contribution >= 0.6 is 0 Å². The van der Waals surface area contributed by atoms with Crippen molar-refractivity contribution in [1.29, 1.82) is 5.26 Å². The summed E-state index contributed by atoms with van der Waals surface area (Å²) in [5.74, 6) is -0.180. The molecule has 2 fully saturated rings. The molecule has 0 spiro atoms. The van der Waals surface area contributed by atoms with E-state index in [0.29, 0.717) is 22.8 Å². The van der Waals surface area contributed by atoms with Crippen LogP contribution in [-0.2, 0) is 21.3 Å². The predicted octanol–water partition coefficient (Wildman–Crippen LogP) is 5.30. The average molecular weight is 630 g/mol. The molecule has 0 unspecified atom stereocenters. The number of nitrogens with zero attached hydrogens (tertiary/aromatic N) is 4. The normalized spacial score (nSPS) is 15.8. The van der Waals surface area contributed by atoms with Crippen molar-refractivity contribution in [2.24, 2.45) is 12.8 Å². The maximum Gasteiger partial charge on any atom is 0.404 e. The van der Waals surface area contributed by atoms with Crippen LogP contribution in [0.2, 0.25) is 0 Å². The van der Waals surface area contributed by atoms with Crippen LogP contribution in [0.25, 0.3) is 22.2 Å². The Balaban J connectivity index is 0.000000775. The molecule has 2 aliphatic rings. The Morgan fingerprint density at radius 2 is 1.78 bits per heavy atom. The fourth-order valence-corrected chi connectivity index (χ4v) is 5.86. The molecule has 0 bridgehead atoms. The van der Waals surface area contributed by atoms with Gasteiger partial charge in [-0.25, -0.2) is 19.0 Å². The third kappa shape index (κ3) is 7.02. The van der Waals surface area contributed by atoms with E-state index in [-0.39, 0.29) is 37.8 Å². The number of pyridine rings is 1. The molecule has 1 saturated carbocycles. The van der Waals surface area contributed by atoms with Gasteiger partial charge in [-0.05, 0) is 54.3 Å². The Labute approximate surface area is 264 Å². The summed E-state index contributed by atoms with van der Waals surface area (Å²) in [6.07, 6.45) is 5.08. The smallest absolute Gasteiger partial charge is 0.404 e. The lowest BCUT2D eigenvalue weighted by Crippen LogP contribution is -2.43. The number of ether oxygens (including phenoxy) is 2. The summed E-state index contributed by atoms with van der Waals surface area (Å²) in [5.41, 5.74) is 6.95. The summed E-state index contributed by atoms with van der Waals surface area (Å²) in [7, 11) is 2.98. The summed E-state index contributed by atoms with van der Waals surface area (Å²) < 4.78 is 28.0. The van der Waals surface area contributed by atoms with Gasteiger partial charge in [-0.15, -0.1) is 0 Å². The van der Waals surface area contributed by atoms with Gasteiger partial charge in [0.2, 0.25) is 0 Å². The maximum absolute atomic E-state index is 15.4. The SMILES string of the molecule is COC(N)=O.Cn1c(=O)n(C2CCCC2)c2cc(Nc3cc(NC(=O)C4(F)CCOCC4)cc(-c4cccc(C#N)c4)c3)ncc21. The second-order valence-electron chi connectivity index (χ2n) is 11.4. The van der Waals surface area contributed by atoms with E-state index in [0.717, 1.165) is 47.8 Å². The summed E-state index contributed by atoms with van der Waals surface area (Å²) in [4.78, 5) is 40.0. The van der Waals surface area contributed by atoms with Crippen LogP contribution in [0.15, 0.2) is 59.5 Å². The maximum atomic E-state index is 15.4. The predicted molar refractivity (Wildman–Crippen MR) is 171 cm³/mol. The van der Waals surface area contributed by atoms with Gasteiger partial charge in [0.25, 0.3) is 5.91 Å². The first-order valence-electron chi connectivity index (χ1n) is 15.0. The zero-order valence-corrected chi connectivity index (χ0v) is 25.7. The number of carbonyl (C=O) groups is 2. The lowest BCUT2D eigenvalue weighted by atomic mass is 9.95. The third-order valence-electron chi connectivity index (χ3n) is 8.35. The minimum Gasteiger partial charge on any atom is -0.453 e. The van der Waals surface area contributed by atoms with E-state index in [9.17, 15) is 19.6 Å². The summed E-state index contributed by atoms with van der Waals surface area (Å²) in [5, 5.41) is 15.5. The van der Waals surface area contributed by atoms with E-state index >= 15 is 4.39 Å². The number of imidazole rings is 1. The van der Waals surface area contributed by atoms with Crippen LogP contribution in [-0.4, -0.2) is 52.1 Å². The largest absolute Gasteiger partial charge is 0.453 e. The van der Waals surface area contributed by atoms with Crippen molar-refractivity contribution in [3.8, 4) is 17.2 Å². The van der Waals surface area contributed by atoms with Gasteiger partial charge < -0.3 is 25.8 Å². The Hall–Kier alpha value is -5.22. The number of amides is 2. The van der Waals surface area contributed by atoms with Crippen LogP contribution in [0.5, 0.6) is 0 Å². The molecule has 1 saturated heterocycles. The van der Waals surface area contributed by atoms with Crippen molar-refractivity contribution in [3.05, 3.63) is 70.8 Å². The zero-order valence-electron chi connectivity index (χ0n) is 25.7. The first kappa shape index (κ1) is 32.2. The minimum absolute atomic E-state index is 0.00243. The lowest BCUT2D eigenvalue weighted by molar-refractivity contribution is -0.133. The van der Waals surface area contributed by atoms with Gasteiger partial charge >= 0.3 is 11.8 Å². The zero-order chi connectivity index (χ0) is 32.8. The van der Waals surface area contributed by atoms with E-state index in [1.165, 1.54) is 7.11 Å². The number of primary amides is 1. The molecule has 3 heterocycles. The van der Waals surface area contributed by atoms with E-state index in [1.54, 1.807) is 48.1 Å². The van der Waals surface area contributed by atoms with E-state index in [2.05, 4.69) is 32.2 Å². The molecule has 1 aliphatic carbocycles. The number of rotatable bonds is 6. The number of anilines is 3. The Morgan fingerprint density at radius 3 is 2.46 bits per heavy atom. The number of hydrogen-bond donors (Lipinski definition) is 3. The molecule has 240 valence electrons. The van der Waals surface area contributed by atoms with Gasteiger partial charge in [0.1, 0.15) is 5.82 Å². The number of aryl methyl sites for hydroxylation is 1. The van der Waals surface area contributed by atoms with Gasteiger partial charge in [-0.3, -0.25) is 13.9 Å². The van der Waals surface area contributed by atoms with Crippen molar-refractivity contribution in [2.75, 3.05) is 31.0 Å². The monoisotopic (exact) mass is 629 g/mol. The number of nitrogens with two attached hydrogens (primary N) is 1. The quantitative estimate of drug-likeness (QED) is 0.258. The Morgan fingerprint density at radius 1 is 1.09 bits per heavy atom. The molecule has 13 heteroatoms. The molecule has 4 aromatic rings. The van der Waals surface area contributed by atoms with Crippen molar-refractivity contribution < 1.29 is 23.5 Å². The van der Waals surface area contributed by atoms with Gasteiger partial charge in [-0.2, -0.15) is 5.26 Å². The standard InChI is InChI=1S/C31H31FN6O3.C2H5NO2/c1-37-27-19-34-28(17-26(27)38(30(37)40)25-7-2-3-8-25)35-23-14-22(21-6-4-5-20(13-21)18-33)15-24(16-23)36-29(39)31(32)9-11-41-12-10-31;1-5-2(3)4/h4-6,13-17,19,25H,2-3,7-12H2,1H3,(H,34,35)(H,36,39);1H3,(H2,3,4). The fraction of sp³-hybridized carbons (Fsp3) is 0.364. The van der Waals surface area contributed by atoms with Crippen LogP contribution in [0.4, 0.5) is 26.4 Å². The number of nitriles is 1. The summed E-state index contributed by atoms with van der Waals surface area (Å²) in [6.45, 7) is 0.383. The van der Waals surface area contributed by atoms with E-state index in [4.69, 9.17) is 4.74 Å². The van der Waals surface area contributed by atoms with Crippen LogP contribution in [0, 0.1) is 11.3 Å². The first-order chi connectivity index (χ1) is 22.1. The van der Waals surface area contributed by atoms with E-state index < -0.39 is 17.7 Å². The molecule has 12 nitrogen and oxygen atoms in total. The molecule has 0 atom stereocenters. The lowest BCUT2D eigenvalue weighted by Gasteiger charge is -2.28. The summed E-state index contributed by atoms with van der Waals surface area (Å²) in [6, 6.07) is 16.7. The fourth-order valence-electron chi connectivity index (χ4n) is 5.86. The van der Waals surface area contributed by atoms with Crippen molar-refractivity contribution >= 4 is 40.2 Å². The van der Waals surface area contributed by atoms with Crippen molar-refractivity contribution in [1.82, 2.24) is 14.1 Å². The van der Waals surface area contributed by atoms with E-state index in [1.807, 2.05) is 22.8 Å². The second-order valence-corrected chi connectivity index (χ2v) is 11.4. The van der Waals surface area contributed by atoms with Crippen molar-refractivity contribution in [2.45, 2.75) is 50.2 Å². The topological polar surface area (TPSA) is 166 Å². The number of fused-ring (bicyclic) bond motifs is 1. The molecule has 2 amide bonds. The van der Waals surface area contributed by atoms with Crippen molar-refractivity contribution in [3.63, 3.8) is 0 Å². The van der Waals surface area contributed by atoms with Gasteiger partial charge in [0, 0.05) is 43.4 Å². The molecular weight excluding hydrogens is 593 g/mol. The molecule has 2 aromatic heterocycles. The third-order valence-corrected chi connectivity index (χ3v) is 8.35. The highest BCUT2D eigenvalue weighted by atomic mass is 19.1.